The summed E-state index contributed by atoms with van der Waals surface area (Å²) in [5.41, 5.74) is 2.36. The molecule has 112 valence electrons. The van der Waals surface area contributed by atoms with Crippen molar-refractivity contribution >= 4 is 0 Å². The van der Waals surface area contributed by atoms with Crippen molar-refractivity contribution in [3.05, 3.63) is 35.4 Å². The molecule has 3 heteroatoms. The van der Waals surface area contributed by atoms with E-state index in [0.29, 0.717) is 6.04 Å². The quantitative estimate of drug-likeness (QED) is 0.894. The molecule has 1 unspecified atom stereocenters. The number of aryl methyl sites for hydroxylation is 1. The summed E-state index contributed by atoms with van der Waals surface area (Å²) in [5, 5.41) is 10.4. The largest absolute Gasteiger partial charge is 0.387 e. The van der Waals surface area contributed by atoms with Gasteiger partial charge >= 0.3 is 0 Å². The van der Waals surface area contributed by atoms with Crippen molar-refractivity contribution in [3.63, 3.8) is 0 Å². The zero-order chi connectivity index (χ0) is 14.5. The van der Waals surface area contributed by atoms with Gasteiger partial charge in [-0.2, -0.15) is 0 Å². The van der Waals surface area contributed by atoms with Crippen LogP contribution in [-0.4, -0.2) is 53.7 Å². The fourth-order valence-electron chi connectivity index (χ4n) is 2.79. The number of hydrogen-bond donors (Lipinski definition) is 1. The molecule has 0 spiro atoms. The van der Waals surface area contributed by atoms with Gasteiger partial charge in [0.1, 0.15) is 0 Å². The molecule has 1 aliphatic heterocycles. The average molecular weight is 276 g/mol. The van der Waals surface area contributed by atoms with Gasteiger partial charge in [0.25, 0.3) is 0 Å². The molecule has 0 aliphatic carbocycles. The highest BCUT2D eigenvalue weighted by molar-refractivity contribution is 5.24. The van der Waals surface area contributed by atoms with Gasteiger partial charge in [0.2, 0.25) is 0 Å². The van der Waals surface area contributed by atoms with Gasteiger partial charge in [0.15, 0.2) is 0 Å². The molecular weight excluding hydrogens is 248 g/mol. The Bertz CT molecular complexity index is 394. The number of β-amino-alcohol motifs (C(OH)–C–C–N with tert-alkyl or cyclic N) is 1. The monoisotopic (exact) mass is 276 g/mol. The minimum absolute atomic E-state index is 0.369. The van der Waals surface area contributed by atoms with Gasteiger partial charge in [-0.1, -0.05) is 31.2 Å². The Labute approximate surface area is 123 Å². The predicted molar refractivity (Wildman–Crippen MR) is 83.9 cm³/mol. The first kappa shape index (κ1) is 15.5. The maximum atomic E-state index is 10.4. The topological polar surface area (TPSA) is 26.7 Å². The van der Waals surface area contributed by atoms with Crippen molar-refractivity contribution in [2.75, 3.05) is 32.7 Å². The van der Waals surface area contributed by atoms with E-state index in [1.54, 1.807) is 0 Å². The summed E-state index contributed by atoms with van der Waals surface area (Å²) in [6, 6.07) is 9.00. The Balaban J connectivity index is 1.84. The SMILES string of the molecule is CCc1ccc(C(O)CN2CCN(C(C)C)CC2)cc1. The number of hydrogen-bond acceptors (Lipinski definition) is 3. The molecule has 1 atom stereocenters. The molecule has 0 aromatic heterocycles. The number of piperazine rings is 1. The first-order valence-electron chi connectivity index (χ1n) is 7.83. The predicted octanol–water partition coefficient (Wildman–Crippen LogP) is 2.31. The first-order chi connectivity index (χ1) is 9.60. The molecule has 0 saturated carbocycles. The molecule has 2 rings (SSSR count). The Morgan fingerprint density at radius 2 is 1.65 bits per heavy atom. The van der Waals surface area contributed by atoms with Crippen LogP contribution in [0.2, 0.25) is 0 Å². The van der Waals surface area contributed by atoms with E-state index in [0.717, 1.165) is 44.7 Å². The van der Waals surface area contributed by atoms with Crippen molar-refractivity contribution in [2.24, 2.45) is 0 Å². The summed E-state index contributed by atoms with van der Waals surface area (Å²) in [7, 11) is 0. The second-order valence-corrected chi connectivity index (χ2v) is 6.04. The van der Waals surface area contributed by atoms with Crippen LogP contribution in [0.4, 0.5) is 0 Å². The lowest BCUT2D eigenvalue weighted by molar-refractivity contribution is 0.0621. The number of aliphatic hydroxyl groups is 1. The second-order valence-electron chi connectivity index (χ2n) is 6.04. The number of nitrogens with zero attached hydrogens (tertiary/aromatic N) is 2. The second kappa shape index (κ2) is 7.21. The summed E-state index contributed by atoms with van der Waals surface area (Å²) in [5.74, 6) is 0. The molecule has 1 fully saturated rings. The lowest BCUT2D eigenvalue weighted by atomic mass is 10.1. The Morgan fingerprint density at radius 1 is 1.05 bits per heavy atom. The van der Waals surface area contributed by atoms with Crippen molar-refractivity contribution in [1.82, 2.24) is 9.80 Å². The highest BCUT2D eigenvalue weighted by atomic mass is 16.3. The lowest BCUT2D eigenvalue weighted by Gasteiger charge is -2.37. The molecule has 1 aromatic carbocycles. The van der Waals surface area contributed by atoms with Crippen LogP contribution < -0.4 is 0 Å². The van der Waals surface area contributed by atoms with Crippen molar-refractivity contribution in [3.8, 4) is 0 Å². The van der Waals surface area contributed by atoms with Crippen LogP contribution in [0.1, 0.15) is 38.0 Å². The molecule has 1 aliphatic rings. The molecule has 0 bridgehead atoms. The normalized spacial score (nSPS) is 19.4. The third-order valence-electron chi connectivity index (χ3n) is 4.34. The molecule has 1 heterocycles. The van der Waals surface area contributed by atoms with E-state index in [4.69, 9.17) is 0 Å². The molecule has 20 heavy (non-hydrogen) atoms. The van der Waals surface area contributed by atoms with E-state index in [9.17, 15) is 5.11 Å². The van der Waals surface area contributed by atoms with Crippen LogP contribution in [0.5, 0.6) is 0 Å². The minimum atomic E-state index is -0.369. The van der Waals surface area contributed by atoms with Gasteiger partial charge in [-0.05, 0) is 31.4 Å². The standard InChI is InChI=1S/C17H28N2O/c1-4-15-5-7-16(8-6-15)17(20)13-18-9-11-19(12-10-18)14(2)3/h5-8,14,17,20H,4,9-13H2,1-3H3. The first-order valence-corrected chi connectivity index (χ1v) is 7.83. The number of benzene rings is 1. The zero-order valence-corrected chi connectivity index (χ0v) is 13.0. The van der Waals surface area contributed by atoms with Gasteiger partial charge < -0.3 is 5.11 Å². The minimum Gasteiger partial charge on any atom is -0.387 e. The van der Waals surface area contributed by atoms with Crippen molar-refractivity contribution < 1.29 is 5.11 Å². The number of rotatable bonds is 5. The van der Waals surface area contributed by atoms with Crippen molar-refractivity contribution in [1.29, 1.82) is 0 Å². The molecule has 0 amide bonds. The van der Waals surface area contributed by atoms with Crippen LogP contribution in [0.3, 0.4) is 0 Å². The fraction of sp³-hybridized carbons (Fsp3) is 0.647. The fourth-order valence-corrected chi connectivity index (χ4v) is 2.79. The highest BCUT2D eigenvalue weighted by Gasteiger charge is 2.21. The molecule has 1 saturated heterocycles. The Morgan fingerprint density at radius 3 is 2.15 bits per heavy atom. The van der Waals surface area contributed by atoms with E-state index < -0.39 is 0 Å². The third kappa shape index (κ3) is 4.05. The van der Waals surface area contributed by atoms with Crippen LogP contribution in [0, 0.1) is 0 Å². The van der Waals surface area contributed by atoms with E-state index in [1.807, 2.05) is 0 Å². The summed E-state index contributed by atoms with van der Waals surface area (Å²) in [6.07, 6.45) is 0.680. The molecule has 1 N–H and O–H groups in total. The summed E-state index contributed by atoms with van der Waals surface area (Å²) < 4.78 is 0. The van der Waals surface area contributed by atoms with Gasteiger partial charge in [-0.25, -0.2) is 0 Å². The van der Waals surface area contributed by atoms with E-state index in [2.05, 4.69) is 54.8 Å². The summed E-state index contributed by atoms with van der Waals surface area (Å²) in [6.45, 7) is 11.7. The van der Waals surface area contributed by atoms with Crippen LogP contribution in [0.15, 0.2) is 24.3 Å². The van der Waals surface area contributed by atoms with Gasteiger partial charge in [0, 0.05) is 38.8 Å². The van der Waals surface area contributed by atoms with Crippen molar-refractivity contribution in [2.45, 2.75) is 39.3 Å². The Kier molecular flexibility index (Phi) is 5.58. The van der Waals surface area contributed by atoms with Crippen LogP contribution in [0.25, 0.3) is 0 Å². The smallest absolute Gasteiger partial charge is 0.0916 e. The van der Waals surface area contributed by atoms with Gasteiger partial charge in [-0.15, -0.1) is 0 Å². The summed E-state index contributed by atoms with van der Waals surface area (Å²) in [4.78, 5) is 4.87. The molecule has 3 nitrogen and oxygen atoms in total. The zero-order valence-electron chi connectivity index (χ0n) is 13.0. The molecular formula is C17H28N2O. The molecule has 1 aromatic rings. The van der Waals surface area contributed by atoms with E-state index in [1.165, 1.54) is 5.56 Å². The maximum Gasteiger partial charge on any atom is 0.0916 e. The lowest BCUT2D eigenvalue weighted by Crippen LogP contribution is -2.49. The van der Waals surface area contributed by atoms with Crippen LogP contribution >= 0.6 is 0 Å². The molecule has 0 radical (unpaired) electrons. The Hall–Kier alpha value is -0.900. The maximum absolute atomic E-state index is 10.4. The highest BCUT2D eigenvalue weighted by Crippen LogP contribution is 2.17. The van der Waals surface area contributed by atoms with E-state index >= 15 is 0 Å². The van der Waals surface area contributed by atoms with Gasteiger partial charge in [-0.3, -0.25) is 9.80 Å². The van der Waals surface area contributed by atoms with Crippen LogP contribution in [-0.2, 0) is 6.42 Å². The average Bonchev–Trinajstić information content (AvgIpc) is 2.48. The summed E-state index contributed by atoms with van der Waals surface area (Å²) >= 11 is 0. The van der Waals surface area contributed by atoms with Gasteiger partial charge in [0.05, 0.1) is 6.10 Å². The third-order valence-corrected chi connectivity index (χ3v) is 4.34. The van der Waals surface area contributed by atoms with E-state index in [-0.39, 0.29) is 6.10 Å². The number of aliphatic hydroxyl groups excluding tert-OH is 1.